The molecule has 0 saturated carbocycles. The molecule has 0 aromatic heterocycles. The molecule has 0 aliphatic heterocycles. The van der Waals surface area contributed by atoms with Crippen molar-refractivity contribution in [2.45, 2.75) is 0 Å². The number of aliphatic hydroxyl groups excluding tert-OH is 1. The van der Waals surface area contributed by atoms with E-state index >= 15 is 0 Å². The molecule has 0 fully saturated rings. The topological polar surface area (TPSA) is 100 Å². The van der Waals surface area contributed by atoms with Crippen LogP contribution in [0.5, 0.6) is 0 Å². The van der Waals surface area contributed by atoms with Crippen molar-refractivity contribution in [2.75, 3.05) is 0 Å². The summed E-state index contributed by atoms with van der Waals surface area (Å²) < 4.78 is 34.1. The van der Waals surface area contributed by atoms with Crippen LogP contribution in [-0.4, -0.2) is 22.6 Å². The average molecular weight is 218 g/mol. The van der Waals surface area contributed by atoms with Gasteiger partial charge in [0.1, 0.15) is 0 Å². The molecule has 0 bridgehead atoms. The SMILES string of the molecule is C=CO.O=S(=O)([O-])[O-].[K+].[K+]. The van der Waals surface area contributed by atoms with Gasteiger partial charge >= 0.3 is 103 Å². The molecule has 0 aromatic carbocycles. The number of hydrogen-bond donors (Lipinski definition) is 1. The van der Waals surface area contributed by atoms with Crippen LogP contribution in [-0.2, 0) is 10.4 Å². The Morgan fingerprint density at radius 1 is 1.30 bits per heavy atom. The van der Waals surface area contributed by atoms with Crippen LogP contribution in [0.1, 0.15) is 0 Å². The summed E-state index contributed by atoms with van der Waals surface area (Å²) in [5, 5.41) is 7.33. The number of hydrogen-bond acceptors (Lipinski definition) is 5. The fraction of sp³-hybridized carbons (Fsp3) is 0. The minimum Gasteiger partial charge on any atom is -0.759 e. The van der Waals surface area contributed by atoms with Gasteiger partial charge in [0.15, 0.2) is 0 Å². The zero-order valence-corrected chi connectivity index (χ0v) is 12.8. The van der Waals surface area contributed by atoms with Crippen LogP contribution in [0.25, 0.3) is 0 Å². The average Bonchev–Trinajstić information content (AvgIpc) is 1.27. The van der Waals surface area contributed by atoms with Crippen LogP contribution >= 0.6 is 0 Å². The third-order valence-corrected chi connectivity index (χ3v) is 0. The molecule has 0 saturated heterocycles. The van der Waals surface area contributed by atoms with Gasteiger partial charge in [0, 0.05) is 10.4 Å². The first kappa shape index (κ1) is 23.0. The summed E-state index contributed by atoms with van der Waals surface area (Å²) in [6.07, 6.45) is 0.750. The number of aliphatic hydroxyl groups is 1. The fourth-order valence-corrected chi connectivity index (χ4v) is 0. The van der Waals surface area contributed by atoms with Crippen molar-refractivity contribution in [2.24, 2.45) is 0 Å². The Morgan fingerprint density at radius 3 is 1.30 bits per heavy atom. The summed E-state index contributed by atoms with van der Waals surface area (Å²) in [6, 6.07) is 0. The Kier molecular flexibility index (Phi) is 32.7. The molecular weight excluding hydrogens is 214 g/mol. The van der Waals surface area contributed by atoms with E-state index in [-0.39, 0.29) is 103 Å². The van der Waals surface area contributed by atoms with E-state index in [9.17, 15) is 0 Å². The maximum atomic E-state index is 8.52. The monoisotopic (exact) mass is 218 g/mol. The molecule has 0 rings (SSSR count). The molecule has 0 aromatic rings. The van der Waals surface area contributed by atoms with Gasteiger partial charge < -0.3 is 14.2 Å². The minimum atomic E-state index is -5.17. The summed E-state index contributed by atoms with van der Waals surface area (Å²) in [6.45, 7) is 2.92. The molecule has 50 valence electrons. The standard InChI is InChI=1S/C2H4O.2K.H2O4S/c1-2-3;;;1-5(2,3)4/h2-3H,1H2;;;(H2,1,2,3,4)/q;2*+1;/p-2. The van der Waals surface area contributed by atoms with Crippen LogP contribution in [0.4, 0.5) is 0 Å². The summed E-state index contributed by atoms with van der Waals surface area (Å²) in [5.41, 5.74) is 0. The Labute approximate surface area is 145 Å². The van der Waals surface area contributed by atoms with Crippen molar-refractivity contribution < 1.29 is 125 Å². The van der Waals surface area contributed by atoms with Crippen LogP contribution in [0.2, 0.25) is 0 Å². The molecule has 0 spiro atoms. The smallest absolute Gasteiger partial charge is 0.759 e. The summed E-state index contributed by atoms with van der Waals surface area (Å²) in [5.74, 6) is 0. The van der Waals surface area contributed by atoms with Gasteiger partial charge in [-0.25, -0.2) is 0 Å². The molecule has 8 heteroatoms. The maximum Gasteiger partial charge on any atom is 1.00 e. The first-order chi connectivity index (χ1) is 3.41. The quantitative estimate of drug-likeness (QED) is 0.188. The van der Waals surface area contributed by atoms with Gasteiger partial charge in [-0.05, 0) is 0 Å². The molecule has 0 heterocycles. The van der Waals surface area contributed by atoms with E-state index in [1.807, 2.05) is 0 Å². The number of rotatable bonds is 0. The van der Waals surface area contributed by atoms with Crippen LogP contribution in [0.15, 0.2) is 12.8 Å². The van der Waals surface area contributed by atoms with Gasteiger partial charge in [0.05, 0.1) is 6.26 Å². The van der Waals surface area contributed by atoms with E-state index in [0.717, 1.165) is 6.26 Å². The second-order valence-electron chi connectivity index (χ2n) is 0.591. The molecule has 5 nitrogen and oxygen atoms in total. The van der Waals surface area contributed by atoms with Crippen LogP contribution in [0, 0.1) is 0 Å². The van der Waals surface area contributed by atoms with Gasteiger partial charge in [-0.1, -0.05) is 6.58 Å². The van der Waals surface area contributed by atoms with Crippen molar-refractivity contribution in [3.63, 3.8) is 0 Å². The molecule has 1 N–H and O–H groups in total. The van der Waals surface area contributed by atoms with Crippen molar-refractivity contribution in [1.82, 2.24) is 0 Å². The molecule has 0 unspecified atom stereocenters. The van der Waals surface area contributed by atoms with Crippen molar-refractivity contribution in [3.05, 3.63) is 12.8 Å². The van der Waals surface area contributed by atoms with Gasteiger partial charge in [-0.2, -0.15) is 0 Å². The second-order valence-corrected chi connectivity index (χ2v) is 1.41. The summed E-state index contributed by atoms with van der Waals surface area (Å²) >= 11 is 0. The molecule has 0 amide bonds. The van der Waals surface area contributed by atoms with Gasteiger partial charge in [-0.3, -0.25) is 8.42 Å². The predicted molar refractivity (Wildman–Crippen MR) is 23.3 cm³/mol. The minimum absolute atomic E-state index is 0. The first-order valence-electron chi connectivity index (χ1n) is 1.33. The Bertz CT molecular complexity index is 132. The molecular formula is C2H4K2O5S. The van der Waals surface area contributed by atoms with Crippen molar-refractivity contribution in [1.29, 1.82) is 0 Å². The van der Waals surface area contributed by atoms with Gasteiger partial charge in [-0.15, -0.1) is 0 Å². The van der Waals surface area contributed by atoms with Gasteiger partial charge in [0.2, 0.25) is 0 Å². The largest absolute Gasteiger partial charge is 1.00 e. The van der Waals surface area contributed by atoms with E-state index < -0.39 is 10.4 Å². The Hall–Kier alpha value is 2.68. The van der Waals surface area contributed by atoms with Crippen LogP contribution < -0.4 is 103 Å². The summed E-state index contributed by atoms with van der Waals surface area (Å²) in [7, 11) is -5.17. The predicted octanol–water partition coefficient (Wildman–Crippen LogP) is -6.64. The zero-order chi connectivity index (χ0) is 7.21. The van der Waals surface area contributed by atoms with E-state index in [0.29, 0.717) is 0 Å². The third kappa shape index (κ3) is 139. The Morgan fingerprint density at radius 2 is 1.30 bits per heavy atom. The third-order valence-electron chi connectivity index (χ3n) is 0. The maximum absolute atomic E-state index is 8.52. The summed E-state index contributed by atoms with van der Waals surface area (Å²) in [4.78, 5) is 0. The molecule has 10 heavy (non-hydrogen) atoms. The van der Waals surface area contributed by atoms with E-state index in [2.05, 4.69) is 6.58 Å². The molecule has 0 aliphatic carbocycles. The molecule has 0 atom stereocenters. The second kappa shape index (κ2) is 14.2. The van der Waals surface area contributed by atoms with E-state index in [1.165, 1.54) is 0 Å². The molecule has 0 radical (unpaired) electrons. The van der Waals surface area contributed by atoms with Crippen LogP contribution in [0.3, 0.4) is 0 Å². The zero-order valence-electron chi connectivity index (χ0n) is 5.77. The fourth-order valence-electron chi connectivity index (χ4n) is 0. The van der Waals surface area contributed by atoms with Crippen molar-refractivity contribution >= 4 is 10.4 Å². The Balaban J connectivity index is -0.0000000326. The van der Waals surface area contributed by atoms with Crippen molar-refractivity contribution in [3.8, 4) is 0 Å². The van der Waals surface area contributed by atoms with E-state index in [4.69, 9.17) is 22.6 Å². The normalized spacial score (nSPS) is 7.00. The molecule has 0 aliphatic rings. The van der Waals surface area contributed by atoms with Gasteiger partial charge in [0.25, 0.3) is 0 Å². The first-order valence-corrected chi connectivity index (χ1v) is 2.67. The van der Waals surface area contributed by atoms with E-state index in [1.54, 1.807) is 0 Å².